The fourth-order valence-corrected chi connectivity index (χ4v) is 3.64. The van der Waals surface area contributed by atoms with Gasteiger partial charge in [0.25, 0.3) is 0 Å². The van der Waals surface area contributed by atoms with Crippen LogP contribution in [-0.4, -0.2) is 39.8 Å². The Morgan fingerprint density at radius 1 is 1.35 bits per heavy atom. The Morgan fingerprint density at radius 2 is 2.22 bits per heavy atom. The highest BCUT2D eigenvalue weighted by Gasteiger charge is 2.16. The summed E-state index contributed by atoms with van der Waals surface area (Å²) in [6, 6.07) is 10.4. The Kier molecular flexibility index (Phi) is 5.71. The number of rotatable bonds is 6. The van der Waals surface area contributed by atoms with Crippen molar-refractivity contribution in [3.63, 3.8) is 0 Å². The number of carbonyl (C=O) groups excluding carboxylic acids is 1. The zero-order valence-corrected chi connectivity index (χ0v) is 13.9. The van der Waals surface area contributed by atoms with Crippen molar-refractivity contribution in [3.05, 3.63) is 53.9 Å². The van der Waals surface area contributed by atoms with E-state index in [9.17, 15) is 4.79 Å². The number of amides is 1. The zero-order valence-electron chi connectivity index (χ0n) is 13.1. The van der Waals surface area contributed by atoms with Gasteiger partial charge in [-0.1, -0.05) is 24.3 Å². The first-order valence-corrected chi connectivity index (χ1v) is 9.09. The van der Waals surface area contributed by atoms with E-state index in [1.165, 1.54) is 5.56 Å². The van der Waals surface area contributed by atoms with Gasteiger partial charge in [0, 0.05) is 49.5 Å². The van der Waals surface area contributed by atoms with Crippen LogP contribution in [0.25, 0.3) is 0 Å². The molecule has 1 saturated heterocycles. The van der Waals surface area contributed by atoms with Crippen molar-refractivity contribution in [2.45, 2.75) is 25.6 Å². The number of hydrogen-bond donors (Lipinski definition) is 2. The first-order valence-electron chi connectivity index (χ1n) is 7.93. The molecule has 2 aromatic rings. The van der Waals surface area contributed by atoms with Crippen molar-refractivity contribution >= 4 is 17.7 Å². The van der Waals surface area contributed by atoms with Crippen LogP contribution in [0.2, 0.25) is 0 Å². The molecule has 0 aliphatic carbocycles. The molecule has 1 fully saturated rings. The van der Waals surface area contributed by atoms with Crippen LogP contribution in [0.4, 0.5) is 0 Å². The molecule has 2 N–H and O–H groups in total. The highest BCUT2D eigenvalue weighted by atomic mass is 32.2. The average Bonchev–Trinajstić information content (AvgIpc) is 3.08. The van der Waals surface area contributed by atoms with Crippen LogP contribution >= 0.6 is 11.8 Å². The van der Waals surface area contributed by atoms with Crippen molar-refractivity contribution < 1.29 is 4.79 Å². The minimum absolute atomic E-state index is 0.110. The van der Waals surface area contributed by atoms with Crippen LogP contribution in [-0.2, 0) is 17.9 Å². The maximum atomic E-state index is 12.1. The van der Waals surface area contributed by atoms with Crippen LogP contribution in [0.15, 0.2) is 42.7 Å². The van der Waals surface area contributed by atoms with Gasteiger partial charge in [-0.05, 0) is 17.2 Å². The van der Waals surface area contributed by atoms with E-state index in [0.717, 1.165) is 30.2 Å². The third-order valence-electron chi connectivity index (χ3n) is 3.92. The molecule has 1 aromatic carbocycles. The van der Waals surface area contributed by atoms with Gasteiger partial charge in [-0.3, -0.25) is 9.48 Å². The number of aromatic nitrogens is 2. The number of carbonyl (C=O) groups is 1. The van der Waals surface area contributed by atoms with Gasteiger partial charge in [-0.15, -0.1) is 0 Å². The number of hydrogen-bond acceptors (Lipinski definition) is 4. The van der Waals surface area contributed by atoms with Gasteiger partial charge in [-0.25, -0.2) is 0 Å². The van der Waals surface area contributed by atoms with E-state index in [2.05, 4.69) is 27.9 Å². The molecule has 1 aliphatic heterocycles. The van der Waals surface area contributed by atoms with Gasteiger partial charge in [-0.2, -0.15) is 16.9 Å². The summed E-state index contributed by atoms with van der Waals surface area (Å²) in [5, 5.41) is 10.7. The van der Waals surface area contributed by atoms with Crippen LogP contribution in [0.5, 0.6) is 0 Å². The summed E-state index contributed by atoms with van der Waals surface area (Å²) in [6.45, 7) is 2.28. The van der Waals surface area contributed by atoms with Crippen molar-refractivity contribution in [3.8, 4) is 0 Å². The molecule has 1 aliphatic rings. The van der Waals surface area contributed by atoms with Crippen molar-refractivity contribution in [2.24, 2.45) is 0 Å². The van der Waals surface area contributed by atoms with Gasteiger partial charge >= 0.3 is 0 Å². The highest BCUT2D eigenvalue weighted by molar-refractivity contribution is 7.99. The molecule has 1 amide bonds. The lowest BCUT2D eigenvalue weighted by Gasteiger charge is -2.22. The molecule has 1 unspecified atom stereocenters. The summed E-state index contributed by atoms with van der Waals surface area (Å²) in [5.41, 5.74) is 2.32. The molecular weight excluding hydrogens is 308 g/mol. The fraction of sp³-hybridized carbons (Fsp3) is 0.412. The number of benzene rings is 1. The van der Waals surface area contributed by atoms with E-state index in [-0.39, 0.29) is 5.91 Å². The molecule has 122 valence electrons. The smallest absolute Gasteiger partial charge is 0.221 e. The molecule has 1 aromatic heterocycles. The summed E-state index contributed by atoms with van der Waals surface area (Å²) in [6.07, 6.45) is 4.27. The normalized spacial score (nSPS) is 17.8. The summed E-state index contributed by atoms with van der Waals surface area (Å²) in [5.74, 6) is 2.27. The van der Waals surface area contributed by atoms with Crippen LogP contribution in [0, 0.1) is 0 Å². The quantitative estimate of drug-likeness (QED) is 0.845. The van der Waals surface area contributed by atoms with Gasteiger partial charge < -0.3 is 10.6 Å². The lowest BCUT2D eigenvalue weighted by molar-refractivity contribution is -0.121. The van der Waals surface area contributed by atoms with Gasteiger partial charge in [0.05, 0.1) is 6.54 Å². The summed E-state index contributed by atoms with van der Waals surface area (Å²) in [4.78, 5) is 12.1. The molecule has 0 radical (unpaired) electrons. The number of thioether (sulfide) groups is 1. The van der Waals surface area contributed by atoms with E-state index < -0.39 is 0 Å². The predicted molar refractivity (Wildman–Crippen MR) is 93.4 cm³/mol. The molecular formula is C17H22N4OS. The Balaban J connectivity index is 1.54. The first kappa shape index (κ1) is 16.1. The van der Waals surface area contributed by atoms with E-state index in [1.807, 2.05) is 40.8 Å². The zero-order chi connectivity index (χ0) is 15.9. The molecule has 0 bridgehead atoms. The molecule has 3 rings (SSSR count). The standard InChI is InChI=1S/C17H22N4OS/c22-17(10-16-13-23-9-7-18-16)19-11-14-4-1-2-5-15(14)12-21-8-3-6-20-21/h1-6,8,16,18H,7,9-13H2,(H,19,22). The second-order valence-electron chi connectivity index (χ2n) is 5.68. The van der Waals surface area contributed by atoms with Crippen molar-refractivity contribution in [1.29, 1.82) is 0 Å². The Hall–Kier alpha value is -1.79. The fourth-order valence-electron chi connectivity index (χ4n) is 2.69. The SMILES string of the molecule is O=C(CC1CSCCN1)NCc1ccccc1Cn1cccn1. The largest absolute Gasteiger partial charge is 0.352 e. The van der Waals surface area contributed by atoms with Gasteiger partial charge in [0.15, 0.2) is 0 Å². The molecule has 2 heterocycles. The lowest BCUT2D eigenvalue weighted by Crippen LogP contribution is -2.41. The van der Waals surface area contributed by atoms with E-state index in [1.54, 1.807) is 6.20 Å². The summed E-state index contributed by atoms with van der Waals surface area (Å²) < 4.78 is 1.89. The van der Waals surface area contributed by atoms with Crippen LogP contribution in [0.3, 0.4) is 0 Å². The van der Waals surface area contributed by atoms with E-state index >= 15 is 0 Å². The predicted octanol–water partition coefficient (Wildman–Crippen LogP) is 1.64. The Labute approximate surface area is 140 Å². The monoisotopic (exact) mass is 330 g/mol. The average molecular weight is 330 g/mol. The molecule has 6 heteroatoms. The second-order valence-corrected chi connectivity index (χ2v) is 6.83. The molecule has 1 atom stereocenters. The molecule has 23 heavy (non-hydrogen) atoms. The van der Waals surface area contributed by atoms with Crippen molar-refractivity contribution in [2.75, 3.05) is 18.1 Å². The van der Waals surface area contributed by atoms with Crippen LogP contribution < -0.4 is 10.6 Å². The maximum absolute atomic E-state index is 12.1. The van der Waals surface area contributed by atoms with Crippen molar-refractivity contribution in [1.82, 2.24) is 20.4 Å². The van der Waals surface area contributed by atoms with Crippen LogP contribution in [0.1, 0.15) is 17.5 Å². The molecule has 0 spiro atoms. The summed E-state index contributed by atoms with van der Waals surface area (Å²) >= 11 is 1.91. The third kappa shape index (κ3) is 4.84. The highest BCUT2D eigenvalue weighted by Crippen LogP contribution is 2.12. The van der Waals surface area contributed by atoms with E-state index in [0.29, 0.717) is 19.0 Å². The van der Waals surface area contributed by atoms with E-state index in [4.69, 9.17) is 0 Å². The minimum atomic E-state index is 0.110. The Bertz CT molecular complexity index is 623. The third-order valence-corrected chi connectivity index (χ3v) is 5.05. The molecule has 0 saturated carbocycles. The maximum Gasteiger partial charge on any atom is 0.221 e. The minimum Gasteiger partial charge on any atom is -0.352 e. The first-order chi connectivity index (χ1) is 11.3. The number of nitrogens with one attached hydrogen (secondary N) is 2. The second kappa shape index (κ2) is 8.17. The lowest BCUT2D eigenvalue weighted by atomic mass is 10.1. The summed E-state index contributed by atoms with van der Waals surface area (Å²) in [7, 11) is 0. The number of nitrogens with zero attached hydrogens (tertiary/aromatic N) is 2. The molecule has 5 nitrogen and oxygen atoms in total. The van der Waals surface area contributed by atoms with Gasteiger partial charge in [0.2, 0.25) is 5.91 Å². The van der Waals surface area contributed by atoms with Gasteiger partial charge in [0.1, 0.15) is 0 Å². The topological polar surface area (TPSA) is 59.0 Å². The Morgan fingerprint density at radius 3 is 2.96 bits per heavy atom.